The number of carboxylic acid groups (broad SMARTS) is 1. The smallest absolute Gasteiger partial charge is 0.372 e. The minimum atomic E-state index is -1.10. The number of carboxylic acids is 1. The van der Waals surface area contributed by atoms with Crippen LogP contribution in [-0.2, 0) is 17.9 Å². The van der Waals surface area contributed by atoms with Gasteiger partial charge < -0.3 is 29.0 Å². The lowest BCUT2D eigenvalue weighted by molar-refractivity contribution is -0.0591. The fourth-order valence-electron chi connectivity index (χ4n) is 6.08. The van der Waals surface area contributed by atoms with Gasteiger partial charge in [0.25, 0.3) is 0 Å². The molecule has 2 unspecified atom stereocenters. The molecule has 0 amide bonds. The zero-order valence-corrected chi connectivity index (χ0v) is 22.2. The van der Waals surface area contributed by atoms with Crippen LogP contribution in [0.25, 0.3) is 11.3 Å². The summed E-state index contributed by atoms with van der Waals surface area (Å²) in [4.78, 5) is 30.4. The molecule has 2 saturated heterocycles. The number of H-pyrrole nitrogens is 1. The first-order valence-corrected chi connectivity index (χ1v) is 13.8. The van der Waals surface area contributed by atoms with E-state index in [0.29, 0.717) is 29.3 Å². The summed E-state index contributed by atoms with van der Waals surface area (Å²) < 4.78 is 27.8. The SMILES string of the molecule is N#Cc1ccc(COc2cccc(N3CCC4(CC3)CC4c3nc4[nH]c(C(=O)O)nc4n3CC3CCO3)n2)c(F)c1. The van der Waals surface area contributed by atoms with E-state index < -0.39 is 11.8 Å². The summed E-state index contributed by atoms with van der Waals surface area (Å²) in [5, 5.41) is 18.3. The number of aromatic carboxylic acids is 1. The Balaban J connectivity index is 1.02. The molecule has 2 atom stereocenters. The van der Waals surface area contributed by atoms with E-state index in [0.717, 1.165) is 57.0 Å². The Morgan fingerprint density at radius 1 is 1.24 bits per heavy atom. The summed E-state index contributed by atoms with van der Waals surface area (Å²) >= 11 is 0. The van der Waals surface area contributed by atoms with Crippen molar-refractivity contribution in [1.82, 2.24) is 24.5 Å². The van der Waals surface area contributed by atoms with Gasteiger partial charge in [0.05, 0.1) is 24.3 Å². The number of nitrogens with one attached hydrogen (secondary N) is 1. The molecule has 5 heterocycles. The Bertz CT molecular complexity index is 1680. The standard InChI is InChI=1S/C29H28FN7O4/c30-21-12-17(14-31)4-5-18(21)16-41-23-3-1-2-22(32-23)36-9-7-29(8-10-36)13-20(29)26-34-24-27(35-25(33-24)28(38)39)37(26)15-19-6-11-40-19/h1-5,12,19-20H,6-11,13,15-16H2,(H,33,35)(H,38,39). The van der Waals surface area contributed by atoms with E-state index in [9.17, 15) is 14.3 Å². The molecule has 3 fully saturated rings. The van der Waals surface area contributed by atoms with Crippen molar-refractivity contribution in [2.45, 2.75) is 50.9 Å². The molecule has 3 aromatic heterocycles. The third-order valence-electron chi connectivity index (χ3n) is 8.66. The number of fused-ring (bicyclic) bond motifs is 1. The molecule has 2 N–H and O–H groups in total. The number of nitriles is 1. The van der Waals surface area contributed by atoms with Gasteiger partial charge >= 0.3 is 5.97 Å². The molecule has 1 spiro atoms. The lowest BCUT2D eigenvalue weighted by atomic mass is 9.90. The van der Waals surface area contributed by atoms with Gasteiger partial charge in [0.15, 0.2) is 11.3 Å². The molecule has 4 aromatic rings. The van der Waals surface area contributed by atoms with Crippen LogP contribution in [0, 0.1) is 22.6 Å². The van der Waals surface area contributed by atoms with E-state index in [2.05, 4.69) is 24.4 Å². The Labute approximate surface area is 234 Å². The fourth-order valence-corrected chi connectivity index (χ4v) is 6.08. The van der Waals surface area contributed by atoms with Gasteiger partial charge in [-0.3, -0.25) is 0 Å². The Morgan fingerprint density at radius 2 is 2.07 bits per heavy atom. The van der Waals surface area contributed by atoms with E-state index in [1.165, 1.54) is 6.07 Å². The first-order chi connectivity index (χ1) is 19.9. The monoisotopic (exact) mass is 557 g/mol. The molecule has 41 heavy (non-hydrogen) atoms. The van der Waals surface area contributed by atoms with Crippen molar-refractivity contribution in [3.63, 3.8) is 0 Å². The number of pyridine rings is 1. The highest BCUT2D eigenvalue weighted by atomic mass is 19.1. The quantitative estimate of drug-likeness (QED) is 0.329. The van der Waals surface area contributed by atoms with Crippen LogP contribution in [0.2, 0.25) is 0 Å². The van der Waals surface area contributed by atoms with Crippen molar-refractivity contribution >= 4 is 23.1 Å². The van der Waals surface area contributed by atoms with Gasteiger partial charge in [0.2, 0.25) is 11.7 Å². The van der Waals surface area contributed by atoms with Gasteiger partial charge in [-0.05, 0) is 49.3 Å². The highest BCUT2D eigenvalue weighted by Crippen LogP contribution is 2.65. The zero-order valence-electron chi connectivity index (χ0n) is 22.2. The highest BCUT2D eigenvalue weighted by Gasteiger charge is 2.57. The Morgan fingerprint density at radius 3 is 2.78 bits per heavy atom. The van der Waals surface area contributed by atoms with Crippen LogP contribution >= 0.6 is 0 Å². The predicted octanol–water partition coefficient (Wildman–Crippen LogP) is 4.01. The predicted molar refractivity (Wildman–Crippen MR) is 144 cm³/mol. The van der Waals surface area contributed by atoms with E-state index in [1.54, 1.807) is 18.2 Å². The summed E-state index contributed by atoms with van der Waals surface area (Å²) in [5.74, 6) is 0.800. The summed E-state index contributed by atoms with van der Waals surface area (Å²) in [5.41, 5.74) is 1.87. The lowest BCUT2D eigenvalue weighted by Gasteiger charge is -2.34. The van der Waals surface area contributed by atoms with Crippen molar-refractivity contribution in [3.05, 3.63) is 65.0 Å². The zero-order chi connectivity index (χ0) is 28.1. The van der Waals surface area contributed by atoms with Crippen LogP contribution in [0.3, 0.4) is 0 Å². The topological polar surface area (TPSA) is 142 Å². The molecular weight excluding hydrogens is 529 g/mol. The number of hydrogen-bond donors (Lipinski definition) is 2. The largest absolute Gasteiger partial charge is 0.475 e. The Kier molecular flexibility index (Phi) is 6.12. The first-order valence-electron chi connectivity index (χ1n) is 13.8. The van der Waals surface area contributed by atoms with Gasteiger partial charge in [0.1, 0.15) is 24.1 Å². The maximum atomic E-state index is 14.2. The van der Waals surface area contributed by atoms with E-state index in [-0.39, 0.29) is 35.4 Å². The number of anilines is 1. The number of aromatic amines is 1. The second kappa shape index (κ2) is 9.85. The number of carbonyl (C=O) groups is 1. The molecule has 12 heteroatoms. The number of imidazole rings is 2. The van der Waals surface area contributed by atoms with Gasteiger partial charge in [-0.25, -0.2) is 19.2 Å². The molecular formula is C29H28FN7O4. The number of benzene rings is 1. The molecule has 7 rings (SSSR count). The average Bonchev–Trinajstić information content (AvgIpc) is 3.30. The number of hydrogen-bond acceptors (Lipinski definition) is 8. The van der Waals surface area contributed by atoms with Gasteiger partial charge in [-0.15, -0.1) is 0 Å². The van der Waals surface area contributed by atoms with Gasteiger partial charge in [-0.2, -0.15) is 10.2 Å². The number of piperidine rings is 1. The number of rotatable bonds is 8. The number of nitrogens with zero attached hydrogens (tertiary/aromatic N) is 6. The van der Waals surface area contributed by atoms with Crippen LogP contribution in [-0.4, -0.2) is 61.4 Å². The molecule has 1 saturated carbocycles. The minimum Gasteiger partial charge on any atom is -0.475 e. The molecule has 3 aliphatic rings. The van der Waals surface area contributed by atoms with Crippen LogP contribution < -0.4 is 9.64 Å². The Hall–Kier alpha value is -4.50. The fraction of sp³-hybridized carbons (Fsp3) is 0.414. The number of ether oxygens (including phenoxy) is 2. The maximum Gasteiger partial charge on any atom is 0.372 e. The summed E-state index contributed by atoms with van der Waals surface area (Å²) in [6.45, 7) is 3.06. The second-order valence-electron chi connectivity index (χ2n) is 11.1. The molecule has 210 valence electrons. The highest BCUT2D eigenvalue weighted by molar-refractivity contribution is 5.87. The van der Waals surface area contributed by atoms with Crippen LogP contribution in [0.4, 0.5) is 10.2 Å². The van der Waals surface area contributed by atoms with Crippen LogP contribution in [0.15, 0.2) is 36.4 Å². The normalized spacial score (nSPS) is 21.0. The summed E-state index contributed by atoms with van der Waals surface area (Å²) in [6.07, 6.45) is 4.06. The van der Waals surface area contributed by atoms with Crippen molar-refractivity contribution < 1.29 is 23.8 Å². The molecule has 0 bridgehead atoms. The summed E-state index contributed by atoms with van der Waals surface area (Å²) in [6, 6.07) is 11.9. The maximum absolute atomic E-state index is 14.2. The first kappa shape index (κ1) is 25.5. The number of aromatic nitrogens is 5. The van der Waals surface area contributed by atoms with Crippen LogP contribution in [0.1, 0.15) is 59.2 Å². The molecule has 0 radical (unpaired) electrons. The molecule has 1 aliphatic carbocycles. The number of halogens is 1. The van der Waals surface area contributed by atoms with Gasteiger partial charge in [0, 0.05) is 37.2 Å². The second-order valence-corrected chi connectivity index (χ2v) is 11.1. The van der Waals surface area contributed by atoms with Crippen LogP contribution in [0.5, 0.6) is 5.88 Å². The molecule has 11 nitrogen and oxygen atoms in total. The van der Waals surface area contributed by atoms with E-state index in [1.807, 2.05) is 18.2 Å². The minimum absolute atomic E-state index is 0.0220. The van der Waals surface area contributed by atoms with Crippen molar-refractivity contribution in [3.8, 4) is 11.9 Å². The molecule has 1 aromatic carbocycles. The van der Waals surface area contributed by atoms with Crippen molar-refractivity contribution in [2.24, 2.45) is 5.41 Å². The van der Waals surface area contributed by atoms with E-state index >= 15 is 0 Å². The average molecular weight is 558 g/mol. The molecule has 2 aliphatic heterocycles. The van der Waals surface area contributed by atoms with Gasteiger partial charge in [-0.1, -0.05) is 12.1 Å². The lowest BCUT2D eigenvalue weighted by Crippen LogP contribution is -2.36. The van der Waals surface area contributed by atoms with Crippen molar-refractivity contribution in [2.75, 3.05) is 24.6 Å². The van der Waals surface area contributed by atoms with E-state index in [4.69, 9.17) is 19.7 Å². The van der Waals surface area contributed by atoms with Crippen molar-refractivity contribution in [1.29, 1.82) is 5.26 Å². The summed E-state index contributed by atoms with van der Waals surface area (Å²) in [7, 11) is 0. The third-order valence-corrected chi connectivity index (χ3v) is 8.66. The third kappa shape index (κ3) is 4.66.